The highest BCUT2D eigenvalue weighted by Gasteiger charge is 2.26. The van der Waals surface area contributed by atoms with Crippen LogP contribution >= 0.6 is 0 Å². The van der Waals surface area contributed by atoms with E-state index in [-0.39, 0.29) is 6.42 Å². The highest BCUT2D eigenvalue weighted by atomic mass is 16.6. The third-order valence-electron chi connectivity index (χ3n) is 1.97. The SMILES string of the molecule is O=[N+]([O-])CC(Cc1ccccc1)[N+](=O)[O-]. The van der Waals surface area contributed by atoms with E-state index in [2.05, 4.69) is 0 Å². The summed E-state index contributed by atoms with van der Waals surface area (Å²) in [6.07, 6.45) is 0.0921. The highest BCUT2D eigenvalue weighted by molar-refractivity contribution is 5.15. The topological polar surface area (TPSA) is 86.3 Å². The molecule has 80 valence electrons. The van der Waals surface area contributed by atoms with E-state index in [0.717, 1.165) is 5.56 Å². The van der Waals surface area contributed by atoms with E-state index in [1.807, 2.05) is 0 Å². The van der Waals surface area contributed by atoms with Crippen LogP contribution in [0.25, 0.3) is 0 Å². The fourth-order valence-electron chi connectivity index (χ4n) is 1.26. The Morgan fingerprint density at radius 3 is 2.20 bits per heavy atom. The fraction of sp³-hybridized carbons (Fsp3) is 0.333. The predicted molar refractivity (Wildman–Crippen MR) is 52.8 cm³/mol. The third-order valence-corrected chi connectivity index (χ3v) is 1.97. The molecule has 0 aromatic heterocycles. The van der Waals surface area contributed by atoms with Gasteiger partial charge in [-0.15, -0.1) is 0 Å². The molecule has 0 aliphatic heterocycles. The second-order valence-electron chi connectivity index (χ2n) is 3.14. The third kappa shape index (κ3) is 3.72. The van der Waals surface area contributed by atoms with Gasteiger partial charge in [0.1, 0.15) is 0 Å². The van der Waals surface area contributed by atoms with Crippen molar-refractivity contribution in [3.8, 4) is 0 Å². The average Bonchev–Trinajstić information content (AvgIpc) is 2.17. The molecule has 6 heteroatoms. The summed E-state index contributed by atoms with van der Waals surface area (Å²) in [5.41, 5.74) is 0.737. The maximum Gasteiger partial charge on any atom is 0.280 e. The molecule has 1 unspecified atom stereocenters. The van der Waals surface area contributed by atoms with E-state index < -0.39 is 22.4 Å². The standard InChI is InChI=1S/C9H10N2O4/c12-10(13)7-9(11(14)15)6-8-4-2-1-3-5-8/h1-5,9H,6-7H2. The molecule has 1 aromatic rings. The molecule has 1 atom stereocenters. The van der Waals surface area contributed by atoms with E-state index in [1.54, 1.807) is 30.3 Å². The van der Waals surface area contributed by atoms with Crippen molar-refractivity contribution in [2.75, 3.05) is 6.54 Å². The maximum atomic E-state index is 10.5. The van der Waals surface area contributed by atoms with Gasteiger partial charge in [-0.1, -0.05) is 30.3 Å². The van der Waals surface area contributed by atoms with Crippen LogP contribution in [0.4, 0.5) is 0 Å². The highest BCUT2D eigenvalue weighted by Crippen LogP contribution is 2.05. The summed E-state index contributed by atoms with van der Waals surface area (Å²) < 4.78 is 0. The molecule has 0 fully saturated rings. The Labute approximate surface area is 85.8 Å². The Morgan fingerprint density at radius 2 is 1.73 bits per heavy atom. The van der Waals surface area contributed by atoms with Crippen LogP contribution in [0, 0.1) is 20.2 Å². The molecule has 0 amide bonds. The van der Waals surface area contributed by atoms with Crippen LogP contribution in [0.5, 0.6) is 0 Å². The molecule has 0 N–H and O–H groups in total. The molecule has 0 aliphatic carbocycles. The van der Waals surface area contributed by atoms with E-state index >= 15 is 0 Å². The minimum atomic E-state index is -1.15. The van der Waals surface area contributed by atoms with Crippen molar-refractivity contribution in [2.24, 2.45) is 0 Å². The number of nitro groups is 2. The second kappa shape index (κ2) is 5.04. The first-order valence-corrected chi connectivity index (χ1v) is 4.39. The van der Waals surface area contributed by atoms with Crippen LogP contribution < -0.4 is 0 Å². The predicted octanol–water partition coefficient (Wildman–Crippen LogP) is 1.15. The fourth-order valence-corrected chi connectivity index (χ4v) is 1.26. The van der Waals surface area contributed by atoms with Crippen LogP contribution in [-0.2, 0) is 6.42 Å². The number of nitrogens with zero attached hydrogens (tertiary/aromatic N) is 2. The van der Waals surface area contributed by atoms with Gasteiger partial charge in [0.15, 0.2) is 0 Å². The Morgan fingerprint density at radius 1 is 1.13 bits per heavy atom. The van der Waals surface area contributed by atoms with Gasteiger partial charge < -0.3 is 0 Å². The van der Waals surface area contributed by atoms with Crippen molar-refractivity contribution >= 4 is 0 Å². The lowest BCUT2D eigenvalue weighted by atomic mass is 10.1. The number of hydrogen-bond donors (Lipinski definition) is 0. The van der Waals surface area contributed by atoms with Gasteiger partial charge in [-0.05, 0) is 5.56 Å². The Bertz CT molecular complexity index is 352. The zero-order valence-electron chi connectivity index (χ0n) is 7.91. The maximum absolute atomic E-state index is 10.5. The zero-order valence-corrected chi connectivity index (χ0v) is 7.91. The zero-order chi connectivity index (χ0) is 11.3. The van der Waals surface area contributed by atoms with Crippen LogP contribution in [0.15, 0.2) is 30.3 Å². The van der Waals surface area contributed by atoms with Gasteiger partial charge in [0.05, 0.1) is 0 Å². The molecule has 0 spiro atoms. The normalized spacial score (nSPS) is 12.0. The molecule has 0 aliphatic rings. The summed E-state index contributed by atoms with van der Waals surface area (Å²) >= 11 is 0. The van der Waals surface area contributed by atoms with Crippen LogP contribution in [0.1, 0.15) is 5.56 Å². The minimum absolute atomic E-state index is 0.0921. The Kier molecular flexibility index (Phi) is 3.73. The van der Waals surface area contributed by atoms with Crippen LogP contribution in [0.2, 0.25) is 0 Å². The summed E-state index contributed by atoms with van der Waals surface area (Å²) in [5.74, 6) is 0. The van der Waals surface area contributed by atoms with Crippen molar-refractivity contribution in [3.05, 3.63) is 56.1 Å². The lowest BCUT2D eigenvalue weighted by molar-refractivity contribution is -0.587. The van der Waals surface area contributed by atoms with Gasteiger partial charge >= 0.3 is 0 Å². The molecular weight excluding hydrogens is 200 g/mol. The molecule has 0 saturated heterocycles. The van der Waals surface area contributed by atoms with Gasteiger partial charge in [0.25, 0.3) is 12.6 Å². The van der Waals surface area contributed by atoms with Gasteiger partial charge in [0, 0.05) is 16.3 Å². The van der Waals surface area contributed by atoms with Crippen molar-refractivity contribution in [1.29, 1.82) is 0 Å². The number of hydrogen-bond acceptors (Lipinski definition) is 4. The molecule has 0 bridgehead atoms. The second-order valence-corrected chi connectivity index (χ2v) is 3.14. The van der Waals surface area contributed by atoms with E-state index in [9.17, 15) is 20.2 Å². The van der Waals surface area contributed by atoms with Crippen molar-refractivity contribution in [2.45, 2.75) is 12.5 Å². The Balaban J connectivity index is 2.67. The van der Waals surface area contributed by atoms with Crippen LogP contribution in [0.3, 0.4) is 0 Å². The van der Waals surface area contributed by atoms with E-state index in [1.165, 1.54) is 0 Å². The first kappa shape index (κ1) is 11.1. The molecule has 1 rings (SSSR count). The summed E-state index contributed by atoms with van der Waals surface area (Å²) in [6.45, 7) is -0.637. The largest absolute Gasteiger partial charge is 0.280 e. The molecule has 1 aromatic carbocycles. The lowest BCUT2D eigenvalue weighted by Gasteiger charge is -2.04. The smallest absolute Gasteiger partial charge is 0.264 e. The molecule has 0 radical (unpaired) electrons. The van der Waals surface area contributed by atoms with E-state index in [4.69, 9.17) is 0 Å². The van der Waals surface area contributed by atoms with Gasteiger partial charge in [-0.25, -0.2) is 0 Å². The first-order valence-electron chi connectivity index (χ1n) is 4.39. The monoisotopic (exact) mass is 210 g/mol. The molecule has 15 heavy (non-hydrogen) atoms. The van der Waals surface area contributed by atoms with Crippen molar-refractivity contribution < 1.29 is 9.85 Å². The summed E-state index contributed by atoms with van der Waals surface area (Å²) in [5, 5.41) is 20.7. The quantitative estimate of drug-likeness (QED) is 0.538. The minimum Gasteiger partial charge on any atom is -0.264 e. The number of benzene rings is 1. The molecular formula is C9H10N2O4. The summed E-state index contributed by atoms with van der Waals surface area (Å²) in [7, 11) is 0. The lowest BCUT2D eigenvalue weighted by Crippen LogP contribution is -2.30. The molecule has 0 saturated carbocycles. The summed E-state index contributed by atoms with van der Waals surface area (Å²) in [4.78, 5) is 19.5. The average molecular weight is 210 g/mol. The Hall–Kier alpha value is -1.98. The number of rotatable bonds is 5. The van der Waals surface area contributed by atoms with E-state index in [0.29, 0.717) is 0 Å². The van der Waals surface area contributed by atoms with Gasteiger partial charge in [0.2, 0.25) is 0 Å². The first-order chi connectivity index (χ1) is 7.09. The van der Waals surface area contributed by atoms with Crippen molar-refractivity contribution in [1.82, 2.24) is 0 Å². The summed E-state index contributed by atoms with van der Waals surface area (Å²) in [6, 6.07) is 7.57. The van der Waals surface area contributed by atoms with Gasteiger partial charge in [-0.2, -0.15) is 0 Å². The van der Waals surface area contributed by atoms with Crippen LogP contribution in [-0.4, -0.2) is 22.4 Å². The molecule has 6 nitrogen and oxygen atoms in total. The van der Waals surface area contributed by atoms with Crippen molar-refractivity contribution in [3.63, 3.8) is 0 Å². The molecule has 0 heterocycles. The van der Waals surface area contributed by atoms with Gasteiger partial charge in [-0.3, -0.25) is 20.2 Å².